The van der Waals surface area contributed by atoms with E-state index in [4.69, 9.17) is 10.8 Å². The van der Waals surface area contributed by atoms with Crippen LogP contribution in [0.4, 0.5) is 17.1 Å². The van der Waals surface area contributed by atoms with Crippen LogP contribution in [-0.2, 0) is 0 Å². The van der Waals surface area contributed by atoms with Gasteiger partial charge < -0.3 is 20.6 Å². The molecule has 0 aromatic heterocycles. The van der Waals surface area contributed by atoms with Gasteiger partial charge in [0.15, 0.2) is 0 Å². The molecule has 5 heteroatoms. The third kappa shape index (κ3) is 3.08. The molecule has 0 spiro atoms. The molecule has 23 heavy (non-hydrogen) atoms. The lowest BCUT2D eigenvalue weighted by molar-refractivity contribution is 0.0697. The summed E-state index contributed by atoms with van der Waals surface area (Å²) in [7, 11) is 0. The Bertz CT molecular complexity index is 722. The molecule has 0 amide bonds. The van der Waals surface area contributed by atoms with Gasteiger partial charge in [0.05, 0.1) is 16.9 Å². The number of carboxylic acids is 1. The maximum absolute atomic E-state index is 11.0. The maximum atomic E-state index is 11.0. The smallest absolute Gasteiger partial charge is 0.335 e. The normalized spacial score (nSPS) is 14.8. The van der Waals surface area contributed by atoms with Crippen molar-refractivity contribution < 1.29 is 9.90 Å². The molecule has 1 heterocycles. The summed E-state index contributed by atoms with van der Waals surface area (Å²) in [4.78, 5) is 15.6. The van der Waals surface area contributed by atoms with Gasteiger partial charge in [0.1, 0.15) is 0 Å². The summed E-state index contributed by atoms with van der Waals surface area (Å²) in [6.45, 7) is 5.70. The van der Waals surface area contributed by atoms with E-state index in [0.717, 1.165) is 31.9 Å². The number of piperazine rings is 1. The number of hydrogen-bond acceptors (Lipinski definition) is 4. The lowest BCUT2D eigenvalue weighted by atomic mass is 10.1. The summed E-state index contributed by atoms with van der Waals surface area (Å²) >= 11 is 0. The van der Waals surface area contributed by atoms with Crippen LogP contribution in [0.1, 0.15) is 15.9 Å². The number of hydrogen-bond donors (Lipinski definition) is 2. The van der Waals surface area contributed by atoms with Gasteiger partial charge in [-0.1, -0.05) is 18.2 Å². The van der Waals surface area contributed by atoms with Gasteiger partial charge in [0.25, 0.3) is 0 Å². The van der Waals surface area contributed by atoms with Crippen molar-refractivity contribution in [2.75, 3.05) is 41.7 Å². The summed E-state index contributed by atoms with van der Waals surface area (Å²) in [6.07, 6.45) is 0. The Labute approximate surface area is 135 Å². The number of carboxylic acid groups (broad SMARTS) is 1. The molecule has 3 rings (SSSR count). The van der Waals surface area contributed by atoms with Crippen LogP contribution in [0, 0.1) is 6.92 Å². The number of rotatable bonds is 3. The standard InChI is InChI=1S/C18H21N3O2/c1-13-4-2-3-5-16(13)20-8-10-21(11-9-20)17-7-6-14(18(22)23)12-15(17)19/h2-7,12H,8-11,19H2,1H3,(H,22,23). The molecule has 1 aliphatic heterocycles. The Balaban J connectivity index is 1.72. The van der Waals surface area contributed by atoms with Crippen LogP contribution in [0.15, 0.2) is 42.5 Å². The summed E-state index contributed by atoms with van der Waals surface area (Å²) < 4.78 is 0. The molecule has 1 saturated heterocycles. The third-order valence-electron chi connectivity index (χ3n) is 4.35. The molecule has 0 bridgehead atoms. The first-order valence-corrected chi connectivity index (χ1v) is 7.74. The van der Waals surface area contributed by atoms with Crippen molar-refractivity contribution in [2.24, 2.45) is 0 Å². The number of anilines is 3. The Kier molecular flexibility index (Phi) is 4.10. The molecule has 3 N–H and O–H groups in total. The quantitative estimate of drug-likeness (QED) is 0.853. The molecular formula is C18H21N3O2. The van der Waals surface area contributed by atoms with Gasteiger partial charge in [0, 0.05) is 31.9 Å². The summed E-state index contributed by atoms with van der Waals surface area (Å²) in [6, 6.07) is 13.4. The molecule has 0 radical (unpaired) electrons. The second kappa shape index (κ2) is 6.20. The zero-order valence-corrected chi connectivity index (χ0v) is 13.2. The van der Waals surface area contributed by atoms with Crippen molar-refractivity contribution in [3.05, 3.63) is 53.6 Å². The van der Waals surface area contributed by atoms with Crippen molar-refractivity contribution in [2.45, 2.75) is 6.92 Å². The van der Waals surface area contributed by atoms with Crippen LogP contribution >= 0.6 is 0 Å². The lowest BCUT2D eigenvalue weighted by Gasteiger charge is -2.38. The van der Waals surface area contributed by atoms with Gasteiger partial charge >= 0.3 is 5.97 Å². The van der Waals surface area contributed by atoms with E-state index < -0.39 is 5.97 Å². The van der Waals surface area contributed by atoms with Gasteiger partial charge in [-0.2, -0.15) is 0 Å². The van der Waals surface area contributed by atoms with Crippen molar-refractivity contribution in [1.29, 1.82) is 0 Å². The molecular weight excluding hydrogens is 290 g/mol. The van der Waals surface area contributed by atoms with Gasteiger partial charge in [-0.05, 0) is 36.8 Å². The Morgan fingerprint density at radius 3 is 2.17 bits per heavy atom. The van der Waals surface area contributed by atoms with Crippen LogP contribution in [0.2, 0.25) is 0 Å². The topological polar surface area (TPSA) is 69.8 Å². The lowest BCUT2D eigenvalue weighted by Crippen LogP contribution is -2.47. The average Bonchev–Trinajstić information content (AvgIpc) is 2.55. The predicted molar refractivity (Wildman–Crippen MR) is 93.4 cm³/mol. The van der Waals surface area contributed by atoms with E-state index >= 15 is 0 Å². The van der Waals surface area contributed by atoms with Crippen LogP contribution in [0.25, 0.3) is 0 Å². The molecule has 120 valence electrons. The molecule has 0 aliphatic carbocycles. The minimum absolute atomic E-state index is 0.227. The van der Waals surface area contributed by atoms with E-state index in [-0.39, 0.29) is 5.56 Å². The Hall–Kier alpha value is -2.69. The number of nitrogens with two attached hydrogens (primary N) is 1. The second-order valence-electron chi connectivity index (χ2n) is 5.84. The average molecular weight is 311 g/mol. The number of aryl methyl sites for hydroxylation is 1. The first kappa shape index (κ1) is 15.2. The van der Waals surface area contributed by atoms with Crippen LogP contribution in [-0.4, -0.2) is 37.3 Å². The number of para-hydroxylation sites is 1. The van der Waals surface area contributed by atoms with Crippen molar-refractivity contribution in [3.8, 4) is 0 Å². The number of carbonyl (C=O) groups is 1. The molecule has 1 aliphatic rings. The molecule has 5 nitrogen and oxygen atoms in total. The van der Waals surface area contributed by atoms with E-state index in [1.165, 1.54) is 17.3 Å². The summed E-state index contributed by atoms with van der Waals surface area (Å²) in [5, 5.41) is 9.02. The molecule has 0 atom stereocenters. The van der Waals surface area contributed by atoms with Crippen molar-refractivity contribution >= 4 is 23.0 Å². The molecule has 2 aromatic rings. The van der Waals surface area contributed by atoms with Crippen LogP contribution < -0.4 is 15.5 Å². The molecule has 0 saturated carbocycles. The van der Waals surface area contributed by atoms with Crippen molar-refractivity contribution in [1.82, 2.24) is 0 Å². The number of nitrogen functional groups attached to an aromatic ring is 1. The predicted octanol–water partition coefficient (Wildman–Crippen LogP) is 2.60. The largest absolute Gasteiger partial charge is 0.478 e. The fourth-order valence-electron chi connectivity index (χ4n) is 3.08. The number of benzene rings is 2. The van der Waals surface area contributed by atoms with E-state index in [1.807, 2.05) is 6.07 Å². The highest BCUT2D eigenvalue weighted by molar-refractivity contribution is 5.90. The summed E-state index contributed by atoms with van der Waals surface area (Å²) in [5.41, 5.74) is 10.3. The highest BCUT2D eigenvalue weighted by atomic mass is 16.4. The second-order valence-corrected chi connectivity index (χ2v) is 5.84. The van der Waals surface area contributed by atoms with Gasteiger partial charge in [0.2, 0.25) is 0 Å². The van der Waals surface area contributed by atoms with E-state index in [2.05, 4.69) is 41.0 Å². The van der Waals surface area contributed by atoms with Crippen LogP contribution in [0.3, 0.4) is 0 Å². The summed E-state index contributed by atoms with van der Waals surface area (Å²) in [5.74, 6) is -0.951. The minimum atomic E-state index is -0.951. The van der Waals surface area contributed by atoms with E-state index in [1.54, 1.807) is 6.07 Å². The highest BCUT2D eigenvalue weighted by Crippen LogP contribution is 2.27. The number of aromatic carboxylic acids is 1. The van der Waals surface area contributed by atoms with Gasteiger partial charge in [-0.3, -0.25) is 0 Å². The zero-order chi connectivity index (χ0) is 16.4. The first-order chi connectivity index (χ1) is 11.1. The minimum Gasteiger partial charge on any atom is -0.478 e. The zero-order valence-electron chi connectivity index (χ0n) is 13.2. The molecule has 0 unspecified atom stereocenters. The molecule has 1 fully saturated rings. The van der Waals surface area contributed by atoms with E-state index in [9.17, 15) is 4.79 Å². The van der Waals surface area contributed by atoms with Gasteiger partial charge in [-0.25, -0.2) is 4.79 Å². The maximum Gasteiger partial charge on any atom is 0.335 e. The third-order valence-corrected chi connectivity index (χ3v) is 4.35. The fourth-order valence-corrected chi connectivity index (χ4v) is 3.08. The highest BCUT2D eigenvalue weighted by Gasteiger charge is 2.20. The SMILES string of the molecule is Cc1ccccc1N1CCN(c2ccc(C(=O)O)cc2N)CC1. The van der Waals surface area contributed by atoms with Crippen molar-refractivity contribution in [3.63, 3.8) is 0 Å². The Morgan fingerprint density at radius 2 is 1.61 bits per heavy atom. The first-order valence-electron chi connectivity index (χ1n) is 7.74. The van der Waals surface area contributed by atoms with Gasteiger partial charge in [-0.15, -0.1) is 0 Å². The molecule has 2 aromatic carbocycles. The fraction of sp³-hybridized carbons (Fsp3) is 0.278. The van der Waals surface area contributed by atoms with E-state index in [0.29, 0.717) is 5.69 Å². The number of nitrogens with zero attached hydrogens (tertiary/aromatic N) is 2. The monoisotopic (exact) mass is 311 g/mol. The Morgan fingerprint density at radius 1 is 1.00 bits per heavy atom. The van der Waals surface area contributed by atoms with Crippen LogP contribution in [0.5, 0.6) is 0 Å².